The topological polar surface area (TPSA) is 80.8 Å². The van der Waals surface area contributed by atoms with Crippen LogP contribution in [0.3, 0.4) is 0 Å². The predicted molar refractivity (Wildman–Crippen MR) is 121 cm³/mol. The van der Waals surface area contributed by atoms with Crippen molar-refractivity contribution >= 4 is 40.0 Å². The summed E-state index contributed by atoms with van der Waals surface area (Å²) in [6.45, 7) is 0.893. The molecule has 0 fully saturated rings. The molecule has 0 spiro atoms. The van der Waals surface area contributed by atoms with E-state index in [0.717, 1.165) is 52.8 Å². The zero-order chi connectivity index (χ0) is 21.1. The molecule has 6 heteroatoms. The lowest BCUT2D eigenvalue weighted by atomic mass is 9.95. The van der Waals surface area contributed by atoms with E-state index in [0.29, 0.717) is 5.56 Å². The number of methoxy groups -OCH3 is 1. The lowest BCUT2D eigenvalue weighted by Crippen LogP contribution is -2.25. The second-order valence-corrected chi connectivity index (χ2v) is 7.16. The summed E-state index contributed by atoms with van der Waals surface area (Å²) in [6.07, 6.45) is 7.19. The zero-order valence-corrected chi connectivity index (χ0v) is 17.1. The van der Waals surface area contributed by atoms with E-state index in [9.17, 15) is 4.79 Å². The van der Waals surface area contributed by atoms with Crippen molar-refractivity contribution in [2.45, 2.75) is 12.8 Å². The Morgan fingerprint density at radius 2 is 2.00 bits per heavy atom. The molecule has 0 saturated carbocycles. The number of pyridine rings is 1. The van der Waals surface area contributed by atoms with Crippen molar-refractivity contribution in [1.29, 1.82) is 0 Å². The molecule has 2 N–H and O–H groups in total. The van der Waals surface area contributed by atoms with Crippen molar-refractivity contribution in [3.05, 3.63) is 71.6 Å². The molecule has 1 aromatic heterocycles. The summed E-state index contributed by atoms with van der Waals surface area (Å²) >= 11 is 0. The van der Waals surface area contributed by atoms with E-state index in [2.05, 4.69) is 33.1 Å². The molecule has 0 saturated heterocycles. The molecule has 0 bridgehead atoms. The Balaban J connectivity index is 1.81. The Hall–Kier alpha value is -3.67. The van der Waals surface area contributed by atoms with Crippen LogP contribution in [0.1, 0.15) is 27.9 Å². The number of esters is 1. The minimum Gasteiger partial charge on any atom is -0.465 e. The number of carbonyl (C=O) groups excluding carboxylic acids is 1. The molecule has 4 rings (SSSR count). The lowest BCUT2D eigenvalue weighted by molar-refractivity contribution is 0.0601. The number of benzene rings is 2. The van der Waals surface area contributed by atoms with Crippen LogP contribution in [0.25, 0.3) is 16.5 Å². The number of aromatic nitrogens is 1. The lowest BCUT2D eigenvalue weighted by Gasteiger charge is -2.32. The van der Waals surface area contributed by atoms with Gasteiger partial charge in [0.15, 0.2) is 0 Å². The fourth-order valence-corrected chi connectivity index (χ4v) is 3.99. The second kappa shape index (κ2) is 8.37. The van der Waals surface area contributed by atoms with Gasteiger partial charge in [0.2, 0.25) is 0 Å². The first-order valence-electron chi connectivity index (χ1n) is 9.88. The van der Waals surface area contributed by atoms with Crippen molar-refractivity contribution in [2.75, 3.05) is 25.6 Å². The second-order valence-electron chi connectivity index (χ2n) is 7.16. The van der Waals surface area contributed by atoms with Crippen molar-refractivity contribution < 1.29 is 9.53 Å². The van der Waals surface area contributed by atoms with Gasteiger partial charge in [-0.3, -0.25) is 9.98 Å². The van der Waals surface area contributed by atoms with Crippen LogP contribution in [-0.4, -0.2) is 37.9 Å². The molecule has 2 heterocycles. The summed E-state index contributed by atoms with van der Waals surface area (Å²) in [5.74, 6) is -0.353. The van der Waals surface area contributed by atoms with Crippen LogP contribution in [-0.2, 0) is 11.2 Å². The Labute approximate surface area is 175 Å². The molecule has 6 nitrogen and oxygen atoms in total. The van der Waals surface area contributed by atoms with E-state index in [1.54, 1.807) is 25.5 Å². The highest BCUT2D eigenvalue weighted by Gasteiger charge is 2.21. The predicted octanol–water partition coefficient (Wildman–Crippen LogP) is 4.11. The number of hydrogen-bond donors (Lipinski definition) is 1. The smallest absolute Gasteiger partial charge is 0.337 e. The van der Waals surface area contributed by atoms with Crippen LogP contribution < -0.4 is 10.6 Å². The average Bonchev–Trinajstić information content (AvgIpc) is 2.80. The van der Waals surface area contributed by atoms with Gasteiger partial charge in [0.05, 0.1) is 23.9 Å². The maximum absolute atomic E-state index is 12.0. The molecule has 0 radical (unpaired) electrons. The number of fused-ring (bicyclic) bond motifs is 2. The highest BCUT2D eigenvalue weighted by atomic mass is 16.5. The molecule has 152 valence electrons. The SMILES string of the molecule is CN=CC(=CN)c1ccc2c(c1)CCCN2c1ccnc2ccc(C(=O)OC)cc12. The zero-order valence-electron chi connectivity index (χ0n) is 17.1. The fourth-order valence-electron chi connectivity index (χ4n) is 3.99. The molecule has 0 atom stereocenters. The molecular formula is C24H24N4O2. The monoisotopic (exact) mass is 400 g/mol. The van der Waals surface area contributed by atoms with Crippen molar-refractivity contribution in [2.24, 2.45) is 10.7 Å². The van der Waals surface area contributed by atoms with Gasteiger partial charge in [-0.15, -0.1) is 0 Å². The Kier molecular flexibility index (Phi) is 5.48. The Morgan fingerprint density at radius 1 is 1.17 bits per heavy atom. The molecule has 30 heavy (non-hydrogen) atoms. The number of nitrogens with two attached hydrogens (primary N) is 1. The molecule has 0 unspecified atom stereocenters. The minimum absolute atomic E-state index is 0.353. The quantitative estimate of drug-likeness (QED) is 0.527. The van der Waals surface area contributed by atoms with Crippen molar-refractivity contribution in [1.82, 2.24) is 4.98 Å². The number of allylic oxidation sites excluding steroid dienone is 1. The number of carbonyl (C=O) groups is 1. The average molecular weight is 400 g/mol. The largest absolute Gasteiger partial charge is 0.465 e. The molecule has 0 amide bonds. The van der Waals surface area contributed by atoms with Gasteiger partial charge in [0.1, 0.15) is 0 Å². The molecule has 3 aromatic rings. The van der Waals surface area contributed by atoms with Crippen LogP contribution in [0.2, 0.25) is 0 Å². The van der Waals surface area contributed by atoms with Gasteiger partial charge in [-0.1, -0.05) is 6.07 Å². The van der Waals surface area contributed by atoms with Crippen LogP contribution in [0.4, 0.5) is 11.4 Å². The third-order valence-corrected chi connectivity index (χ3v) is 5.41. The Bertz CT molecular complexity index is 1170. The summed E-state index contributed by atoms with van der Waals surface area (Å²) in [6, 6.07) is 13.9. The van der Waals surface area contributed by atoms with Crippen LogP contribution >= 0.6 is 0 Å². The highest BCUT2D eigenvalue weighted by molar-refractivity contribution is 6.09. The summed E-state index contributed by atoms with van der Waals surface area (Å²) in [5.41, 5.74) is 12.6. The molecule has 1 aliphatic heterocycles. The van der Waals surface area contributed by atoms with Gasteiger partial charge < -0.3 is 15.4 Å². The summed E-state index contributed by atoms with van der Waals surface area (Å²) < 4.78 is 4.89. The number of ether oxygens (including phenoxy) is 1. The van der Waals surface area contributed by atoms with E-state index in [-0.39, 0.29) is 5.97 Å². The minimum atomic E-state index is -0.353. The molecule has 1 aliphatic rings. The van der Waals surface area contributed by atoms with E-state index >= 15 is 0 Å². The number of hydrogen-bond acceptors (Lipinski definition) is 6. The van der Waals surface area contributed by atoms with Crippen LogP contribution in [0.5, 0.6) is 0 Å². The van der Waals surface area contributed by atoms with Crippen LogP contribution in [0.15, 0.2) is 59.9 Å². The summed E-state index contributed by atoms with van der Waals surface area (Å²) in [7, 11) is 3.13. The number of anilines is 2. The van der Waals surface area contributed by atoms with Gasteiger partial charge in [-0.05, 0) is 60.4 Å². The number of nitrogens with zero attached hydrogens (tertiary/aromatic N) is 3. The van der Waals surface area contributed by atoms with Crippen LogP contribution in [0, 0.1) is 0 Å². The van der Waals surface area contributed by atoms with E-state index in [4.69, 9.17) is 10.5 Å². The summed E-state index contributed by atoms with van der Waals surface area (Å²) in [4.78, 5) is 22.9. The molecular weight excluding hydrogens is 376 g/mol. The third-order valence-electron chi connectivity index (χ3n) is 5.41. The number of aryl methyl sites for hydroxylation is 1. The standard InChI is InChI=1S/C24H24N4O2/c1-26-15-19(14-25)16-6-8-22-17(12-16)4-3-11-28(22)23-9-10-27-21-7-5-18(13-20(21)23)24(29)30-2/h5-10,12-15H,3-4,11,25H2,1-2H3. The number of aliphatic imine (C=N–C) groups is 1. The molecule has 0 aliphatic carbocycles. The van der Waals surface area contributed by atoms with Gasteiger partial charge in [-0.2, -0.15) is 0 Å². The maximum Gasteiger partial charge on any atom is 0.337 e. The first-order valence-corrected chi connectivity index (χ1v) is 9.88. The summed E-state index contributed by atoms with van der Waals surface area (Å²) in [5, 5.41) is 0.929. The molecule has 2 aromatic carbocycles. The maximum atomic E-state index is 12.0. The van der Waals surface area contributed by atoms with E-state index in [1.807, 2.05) is 24.4 Å². The van der Waals surface area contributed by atoms with E-state index < -0.39 is 0 Å². The first-order chi connectivity index (χ1) is 14.7. The van der Waals surface area contributed by atoms with Gasteiger partial charge in [0, 0.05) is 48.9 Å². The van der Waals surface area contributed by atoms with Gasteiger partial charge in [0.25, 0.3) is 0 Å². The van der Waals surface area contributed by atoms with Crippen molar-refractivity contribution in [3.63, 3.8) is 0 Å². The first kappa shape index (κ1) is 19.6. The highest BCUT2D eigenvalue weighted by Crippen LogP contribution is 2.38. The van der Waals surface area contributed by atoms with Gasteiger partial charge in [-0.25, -0.2) is 4.79 Å². The Morgan fingerprint density at radius 3 is 2.77 bits per heavy atom. The van der Waals surface area contributed by atoms with Crippen molar-refractivity contribution in [3.8, 4) is 0 Å². The third kappa shape index (κ3) is 3.52. The number of rotatable bonds is 4. The normalized spacial score (nSPS) is 14.2. The van der Waals surface area contributed by atoms with Gasteiger partial charge >= 0.3 is 5.97 Å². The van der Waals surface area contributed by atoms with E-state index in [1.165, 1.54) is 12.7 Å². The fraction of sp³-hybridized carbons (Fsp3) is 0.208.